The molecule has 5 heteroatoms. The molecule has 5 nitrogen and oxygen atoms in total. The maximum atomic E-state index is 11.9. The molecular formula is C17H18N2O3. The highest BCUT2D eigenvalue weighted by atomic mass is 16.4. The van der Waals surface area contributed by atoms with Gasteiger partial charge in [-0.05, 0) is 16.8 Å². The van der Waals surface area contributed by atoms with Gasteiger partial charge in [-0.15, -0.1) is 0 Å². The van der Waals surface area contributed by atoms with Gasteiger partial charge in [-0.3, -0.25) is 4.79 Å². The molecule has 1 heterocycles. The topological polar surface area (TPSA) is 73.7 Å². The second kappa shape index (κ2) is 6.15. The Bertz CT molecular complexity index is 714. The molecule has 2 aromatic carbocycles. The Balaban J connectivity index is 1.81. The van der Waals surface area contributed by atoms with Crippen LogP contribution in [0.15, 0.2) is 42.5 Å². The minimum Gasteiger partial charge on any atom is -0.550 e. The molecule has 1 amide bonds. The van der Waals surface area contributed by atoms with Gasteiger partial charge < -0.3 is 20.1 Å². The summed E-state index contributed by atoms with van der Waals surface area (Å²) in [6.07, 6.45) is -0.241. The molecule has 22 heavy (non-hydrogen) atoms. The first-order valence-corrected chi connectivity index (χ1v) is 7.43. The minimum absolute atomic E-state index is 0.203. The van der Waals surface area contributed by atoms with E-state index in [1.165, 1.54) is 5.39 Å². The number of nitrogens with one attached hydrogen (secondary N) is 2. The number of quaternary nitrogens is 1. The summed E-state index contributed by atoms with van der Waals surface area (Å²) in [5.41, 5.74) is 1.10. The van der Waals surface area contributed by atoms with E-state index in [1.807, 2.05) is 18.2 Å². The van der Waals surface area contributed by atoms with Crippen molar-refractivity contribution in [3.8, 4) is 0 Å². The fourth-order valence-electron chi connectivity index (χ4n) is 3.06. The second-order valence-electron chi connectivity index (χ2n) is 5.69. The van der Waals surface area contributed by atoms with E-state index >= 15 is 0 Å². The van der Waals surface area contributed by atoms with Crippen LogP contribution in [0.1, 0.15) is 12.0 Å². The molecule has 0 saturated carbocycles. The zero-order valence-electron chi connectivity index (χ0n) is 12.2. The van der Waals surface area contributed by atoms with E-state index in [4.69, 9.17) is 0 Å². The summed E-state index contributed by atoms with van der Waals surface area (Å²) in [5.74, 6) is -1.38. The first-order valence-electron chi connectivity index (χ1n) is 7.43. The molecule has 3 rings (SSSR count). The van der Waals surface area contributed by atoms with E-state index in [0.29, 0.717) is 13.1 Å². The van der Waals surface area contributed by atoms with Crippen LogP contribution < -0.4 is 15.3 Å². The van der Waals surface area contributed by atoms with Crippen LogP contribution in [0.3, 0.4) is 0 Å². The first-order chi connectivity index (χ1) is 10.6. The predicted molar refractivity (Wildman–Crippen MR) is 79.9 cm³/mol. The molecule has 1 fully saturated rings. The Morgan fingerprint density at radius 2 is 2.00 bits per heavy atom. The van der Waals surface area contributed by atoms with Gasteiger partial charge in [0, 0.05) is 18.0 Å². The molecular weight excluding hydrogens is 280 g/mol. The average Bonchev–Trinajstić information content (AvgIpc) is 2.50. The Labute approximate surface area is 128 Å². The SMILES string of the molecule is O=C([O-])C[C@H]1C(=O)NCC[NH+]1Cc1ccc2ccccc2c1. The fraction of sp³-hybridized carbons (Fsp3) is 0.294. The molecule has 0 aliphatic carbocycles. The van der Waals surface area contributed by atoms with E-state index in [9.17, 15) is 14.7 Å². The summed E-state index contributed by atoms with van der Waals surface area (Å²) in [6, 6.07) is 13.7. The maximum absolute atomic E-state index is 11.9. The summed E-state index contributed by atoms with van der Waals surface area (Å²) < 4.78 is 0. The number of amides is 1. The van der Waals surface area contributed by atoms with Crippen molar-refractivity contribution in [1.29, 1.82) is 0 Å². The third-order valence-electron chi connectivity index (χ3n) is 4.17. The van der Waals surface area contributed by atoms with Crippen LogP contribution in [-0.2, 0) is 16.1 Å². The zero-order chi connectivity index (χ0) is 15.5. The number of rotatable bonds is 4. The zero-order valence-corrected chi connectivity index (χ0v) is 12.2. The van der Waals surface area contributed by atoms with Gasteiger partial charge in [0.2, 0.25) is 0 Å². The predicted octanol–water partition coefficient (Wildman–Crippen LogP) is -1.14. The van der Waals surface area contributed by atoms with Gasteiger partial charge in [0.25, 0.3) is 5.91 Å². The summed E-state index contributed by atoms with van der Waals surface area (Å²) in [6.45, 7) is 1.93. The maximum Gasteiger partial charge on any atom is 0.278 e. The molecule has 2 atom stereocenters. The number of hydrogen-bond donors (Lipinski definition) is 2. The molecule has 114 valence electrons. The summed E-state index contributed by atoms with van der Waals surface area (Å²) in [4.78, 5) is 23.8. The fourth-order valence-corrected chi connectivity index (χ4v) is 3.06. The van der Waals surface area contributed by atoms with Crippen molar-refractivity contribution in [2.45, 2.75) is 19.0 Å². The molecule has 1 saturated heterocycles. The van der Waals surface area contributed by atoms with Gasteiger partial charge in [-0.2, -0.15) is 0 Å². The molecule has 1 aliphatic heterocycles. The third-order valence-corrected chi connectivity index (χ3v) is 4.17. The third kappa shape index (κ3) is 3.09. The van der Waals surface area contributed by atoms with Crippen molar-refractivity contribution in [3.05, 3.63) is 48.0 Å². The highest BCUT2D eigenvalue weighted by Gasteiger charge is 2.33. The molecule has 1 unspecified atom stereocenters. The lowest BCUT2D eigenvalue weighted by molar-refractivity contribution is -0.930. The van der Waals surface area contributed by atoms with Crippen LogP contribution in [0, 0.1) is 0 Å². The number of carbonyl (C=O) groups excluding carboxylic acids is 2. The largest absolute Gasteiger partial charge is 0.550 e. The van der Waals surface area contributed by atoms with Gasteiger partial charge in [0.1, 0.15) is 6.54 Å². The van der Waals surface area contributed by atoms with Crippen LogP contribution in [0.25, 0.3) is 10.8 Å². The van der Waals surface area contributed by atoms with Gasteiger partial charge >= 0.3 is 0 Å². The van der Waals surface area contributed by atoms with Gasteiger partial charge in [-0.1, -0.05) is 36.4 Å². The quantitative estimate of drug-likeness (QED) is 0.750. The average molecular weight is 298 g/mol. The van der Waals surface area contributed by atoms with E-state index < -0.39 is 12.0 Å². The number of fused-ring (bicyclic) bond motifs is 1. The van der Waals surface area contributed by atoms with E-state index in [1.54, 1.807) is 0 Å². The van der Waals surface area contributed by atoms with Crippen LogP contribution >= 0.6 is 0 Å². The number of piperazine rings is 1. The Hall–Kier alpha value is -2.40. The monoisotopic (exact) mass is 298 g/mol. The molecule has 0 radical (unpaired) electrons. The normalized spacial score (nSPS) is 21.5. The highest BCUT2D eigenvalue weighted by molar-refractivity contribution is 5.85. The van der Waals surface area contributed by atoms with Gasteiger partial charge in [0.15, 0.2) is 6.04 Å². The molecule has 2 N–H and O–H groups in total. The van der Waals surface area contributed by atoms with E-state index in [2.05, 4.69) is 29.6 Å². The van der Waals surface area contributed by atoms with Crippen molar-refractivity contribution in [1.82, 2.24) is 5.32 Å². The lowest BCUT2D eigenvalue weighted by Crippen LogP contribution is -3.18. The Kier molecular flexibility index (Phi) is 4.06. The van der Waals surface area contributed by atoms with Crippen LogP contribution in [0.4, 0.5) is 0 Å². The molecule has 0 spiro atoms. The first kappa shape index (κ1) is 14.5. The second-order valence-corrected chi connectivity index (χ2v) is 5.69. The van der Waals surface area contributed by atoms with Crippen molar-refractivity contribution in [2.75, 3.05) is 13.1 Å². The van der Waals surface area contributed by atoms with Crippen LogP contribution in [0.5, 0.6) is 0 Å². The summed E-state index contributed by atoms with van der Waals surface area (Å²) >= 11 is 0. The molecule has 0 bridgehead atoms. The van der Waals surface area contributed by atoms with Crippen molar-refractivity contribution in [2.24, 2.45) is 0 Å². The number of benzene rings is 2. The summed E-state index contributed by atoms with van der Waals surface area (Å²) in [5, 5.41) is 15.9. The standard InChI is InChI=1S/C17H18N2O3/c20-16(21)10-15-17(22)18-7-8-19(15)11-12-5-6-13-3-1-2-4-14(13)9-12/h1-6,9,15H,7-8,10-11H2,(H,18,22)(H,20,21)/t15-/m0/s1. The van der Waals surface area contributed by atoms with E-state index in [0.717, 1.165) is 22.4 Å². The Morgan fingerprint density at radius 1 is 1.23 bits per heavy atom. The number of hydrogen-bond acceptors (Lipinski definition) is 3. The number of carboxylic acid groups (broad SMARTS) is 1. The van der Waals surface area contributed by atoms with Crippen LogP contribution in [0.2, 0.25) is 0 Å². The number of carbonyl (C=O) groups is 2. The van der Waals surface area contributed by atoms with Crippen molar-refractivity contribution < 1.29 is 19.6 Å². The van der Waals surface area contributed by atoms with E-state index in [-0.39, 0.29) is 12.3 Å². The molecule has 0 aromatic heterocycles. The van der Waals surface area contributed by atoms with Crippen molar-refractivity contribution in [3.63, 3.8) is 0 Å². The summed E-state index contributed by atoms with van der Waals surface area (Å²) in [7, 11) is 0. The Morgan fingerprint density at radius 3 is 2.77 bits per heavy atom. The number of aliphatic carboxylic acids is 1. The van der Waals surface area contributed by atoms with Gasteiger partial charge in [0.05, 0.1) is 13.1 Å². The van der Waals surface area contributed by atoms with Crippen LogP contribution in [-0.4, -0.2) is 31.0 Å². The molecule has 2 aromatic rings. The van der Waals surface area contributed by atoms with Crippen molar-refractivity contribution >= 4 is 22.6 Å². The lowest BCUT2D eigenvalue weighted by atomic mass is 10.0. The minimum atomic E-state index is -1.18. The highest BCUT2D eigenvalue weighted by Crippen LogP contribution is 2.15. The van der Waals surface area contributed by atoms with Gasteiger partial charge in [-0.25, -0.2) is 0 Å². The number of carboxylic acids is 1. The lowest BCUT2D eigenvalue weighted by Gasteiger charge is -2.32. The smallest absolute Gasteiger partial charge is 0.278 e. The molecule has 1 aliphatic rings.